The Hall–Kier alpha value is -4.82. The summed E-state index contributed by atoms with van der Waals surface area (Å²) in [6.45, 7) is 4.39. The Balaban J connectivity index is 1.37. The maximum atomic E-state index is 13.9. The largest absolute Gasteiger partial charge is 0.289 e. The quantitative estimate of drug-likeness (QED) is 0.0928. The molecular weight excluding hydrogens is 536 g/mol. The van der Waals surface area contributed by atoms with Crippen molar-refractivity contribution in [3.63, 3.8) is 0 Å². The molecule has 0 bridgehead atoms. The summed E-state index contributed by atoms with van der Waals surface area (Å²) in [5.41, 5.74) is 5.33. The molecule has 0 radical (unpaired) electrons. The predicted molar refractivity (Wildman–Crippen MR) is 185 cm³/mol. The highest BCUT2D eigenvalue weighted by molar-refractivity contribution is 6.35. The Labute approximate surface area is 258 Å². The summed E-state index contributed by atoms with van der Waals surface area (Å²) in [6, 6.07) is 36.9. The second-order valence-corrected chi connectivity index (χ2v) is 12.1. The highest BCUT2D eigenvalue weighted by Gasteiger charge is 2.20. The van der Waals surface area contributed by atoms with Crippen molar-refractivity contribution in [2.24, 2.45) is 0 Å². The zero-order chi connectivity index (χ0) is 30.2. The van der Waals surface area contributed by atoms with Crippen molar-refractivity contribution in [3.8, 4) is 0 Å². The van der Waals surface area contributed by atoms with E-state index in [4.69, 9.17) is 0 Å². The summed E-state index contributed by atoms with van der Waals surface area (Å²) >= 11 is 0. The topological polar surface area (TPSA) is 34.1 Å². The van der Waals surface area contributed by atoms with Gasteiger partial charge in [0.15, 0.2) is 11.6 Å². The summed E-state index contributed by atoms with van der Waals surface area (Å²) in [5.74, 6) is 0.0611. The van der Waals surface area contributed by atoms with E-state index in [1.807, 2.05) is 42.5 Å². The first-order chi connectivity index (χ1) is 21.6. The molecule has 2 nitrogen and oxygen atoms in total. The molecule has 0 aliphatic carbocycles. The number of unbranched alkanes of at least 4 members (excludes halogenated alkanes) is 2. The number of benzene rings is 7. The monoisotopic (exact) mass is 572 g/mol. The fourth-order valence-corrected chi connectivity index (χ4v) is 6.78. The van der Waals surface area contributed by atoms with Gasteiger partial charge >= 0.3 is 0 Å². The molecule has 7 aromatic rings. The van der Waals surface area contributed by atoms with Crippen LogP contribution in [0, 0.1) is 0 Å². The molecule has 0 N–H and O–H groups in total. The van der Waals surface area contributed by atoms with Gasteiger partial charge < -0.3 is 0 Å². The third-order valence-electron chi connectivity index (χ3n) is 9.17. The molecule has 0 unspecified atom stereocenters. The summed E-state index contributed by atoms with van der Waals surface area (Å²) in [7, 11) is 0. The molecule has 0 fully saturated rings. The van der Waals surface area contributed by atoms with Crippen LogP contribution in [0.15, 0.2) is 109 Å². The molecule has 0 aliphatic heterocycles. The molecule has 0 atom stereocenters. The number of rotatable bonds is 10. The number of carbonyl (C=O) groups excluding carboxylic acids is 2. The fraction of sp³-hybridized carbons (Fsp3) is 0.190. The highest BCUT2D eigenvalue weighted by Crippen LogP contribution is 2.42. The average Bonchev–Trinajstić information content (AvgIpc) is 3.08. The number of carbonyl (C=O) groups is 2. The van der Waals surface area contributed by atoms with Gasteiger partial charge in [0, 0.05) is 22.3 Å². The van der Waals surface area contributed by atoms with Crippen LogP contribution in [0.3, 0.4) is 0 Å². The van der Waals surface area contributed by atoms with Gasteiger partial charge in [-0.05, 0) is 98.1 Å². The van der Waals surface area contributed by atoms with E-state index in [2.05, 4.69) is 80.6 Å². The smallest absolute Gasteiger partial charge is 0.193 e. The van der Waals surface area contributed by atoms with Gasteiger partial charge in [0.25, 0.3) is 0 Å². The van der Waals surface area contributed by atoms with Crippen molar-refractivity contribution in [2.75, 3.05) is 0 Å². The third-order valence-corrected chi connectivity index (χ3v) is 9.17. The van der Waals surface area contributed by atoms with Crippen LogP contribution in [0.2, 0.25) is 0 Å². The van der Waals surface area contributed by atoms with Crippen molar-refractivity contribution < 1.29 is 9.59 Å². The molecule has 44 heavy (non-hydrogen) atoms. The first-order valence-electron chi connectivity index (χ1n) is 16.0. The van der Waals surface area contributed by atoms with Gasteiger partial charge in [-0.1, -0.05) is 118 Å². The predicted octanol–water partition coefficient (Wildman–Crippen LogP) is 10.9. The number of hydrogen-bond acceptors (Lipinski definition) is 2. The standard InChI is InChI=1S/C42H36O2/c1-3-5-9-27-15-19-29(20-16-27)41(43)32-25-31-11-7-12-33-36-23-24-37(42(44)30-21-17-28(18-22-30)10-6-4-2)34-13-8-14-35(40(34)36)38(26-32)39(31)33/h7-8,11-26H,3-6,9-10H2,1-2H3. The van der Waals surface area contributed by atoms with Crippen LogP contribution < -0.4 is 0 Å². The van der Waals surface area contributed by atoms with E-state index >= 15 is 0 Å². The lowest BCUT2D eigenvalue weighted by Crippen LogP contribution is -2.04. The van der Waals surface area contributed by atoms with Crippen molar-refractivity contribution >= 4 is 54.7 Å². The Bertz CT molecular complexity index is 2150. The van der Waals surface area contributed by atoms with E-state index in [-0.39, 0.29) is 11.6 Å². The second-order valence-electron chi connectivity index (χ2n) is 12.1. The van der Waals surface area contributed by atoms with E-state index in [1.165, 1.54) is 11.1 Å². The van der Waals surface area contributed by atoms with Crippen LogP contribution in [0.25, 0.3) is 43.1 Å². The van der Waals surface area contributed by atoms with Crippen LogP contribution in [-0.4, -0.2) is 11.6 Å². The SMILES string of the molecule is CCCCc1ccc(C(=O)c2cc3cccc4c5ccc(C(=O)c6ccc(CCCC)cc6)c6cccc(c(c2)c34)c65)cc1. The molecule has 2 heteroatoms. The van der Waals surface area contributed by atoms with E-state index in [9.17, 15) is 9.59 Å². The van der Waals surface area contributed by atoms with Gasteiger partial charge in [-0.3, -0.25) is 9.59 Å². The minimum atomic E-state index is 0.0277. The highest BCUT2D eigenvalue weighted by atomic mass is 16.1. The lowest BCUT2D eigenvalue weighted by atomic mass is 9.85. The average molecular weight is 573 g/mol. The van der Waals surface area contributed by atoms with E-state index in [0.717, 1.165) is 81.6 Å². The van der Waals surface area contributed by atoms with Crippen LogP contribution in [0.1, 0.15) is 82.5 Å². The van der Waals surface area contributed by atoms with E-state index in [0.29, 0.717) is 22.3 Å². The van der Waals surface area contributed by atoms with Gasteiger partial charge in [0.2, 0.25) is 0 Å². The Morgan fingerprint density at radius 1 is 0.477 bits per heavy atom. The summed E-state index contributed by atoms with van der Waals surface area (Å²) in [5, 5.41) is 8.60. The minimum Gasteiger partial charge on any atom is -0.289 e. The minimum absolute atomic E-state index is 0.0277. The molecule has 0 aliphatic rings. The van der Waals surface area contributed by atoms with Crippen LogP contribution >= 0.6 is 0 Å². The molecule has 0 amide bonds. The normalized spacial score (nSPS) is 11.7. The number of ketones is 2. The molecule has 216 valence electrons. The van der Waals surface area contributed by atoms with E-state index in [1.54, 1.807) is 0 Å². The second kappa shape index (κ2) is 11.7. The lowest BCUT2D eigenvalue weighted by Gasteiger charge is -2.17. The molecule has 0 heterocycles. The Kier molecular flexibility index (Phi) is 7.44. The summed E-state index contributed by atoms with van der Waals surface area (Å²) in [4.78, 5) is 27.7. The maximum Gasteiger partial charge on any atom is 0.193 e. The van der Waals surface area contributed by atoms with Crippen LogP contribution in [-0.2, 0) is 12.8 Å². The Morgan fingerprint density at radius 3 is 1.66 bits per heavy atom. The van der Waals surface area contributed by atoms with Crippen LogP contribution in [0.4, 0.5) is 0 Å². The van der Waals surface area contributed by atoms with Gasteiger partial charge in [-0.2, -0.15) is 0 Å². The zero-order valence-corrected chi connectivity index (χ0v) is 25.5. The lowest BCUT2D eigenvalue weighted by molar-refractivity contribution is 0.103. The van der Waals surface area contributed by atoms with E-state index < -0.39 is 0 Å². The van der Waals surface area contributed by atoms with Crippen molar-refractivity contribution in [2.45, 2.75) is 52.4 Å². The molecular formula is C42H36O2. The maximum absolute atomic E-state index is 13.9. The first kappa shape index (κ1) is 28.0. The molecule has 0 aromatic heterocycles. The van der Waals surface area contributed by atoms with Crippen molar-refractivity contribution in [1.82, 2.24) is 0 Å². The number of aryl methyl sites for hydroxylation is 2. The van der Waals surface area contributed by atoms with Gasteiger partial charge in [0.1, 0.15) is 0 Å². The number of fused-ring (bicyclic) bond motifs is 2. The van der Waals surface area contributed by atoms with Crippen molar-refractivity contribution in [3.05, 3.63) is 143 Å². The van der Waals surface area contributed by atoms with Gasteiger partial charge in [-0.25, -0.2) is 0 Å². The van der Waals surface area contributed by atoms with Crippen molar-refractivity contribution in [1.29, 1.82) is 0 Å². The molecule has 0 saturated carbocycles. The molecule has 7 rings (SSSR count). The number of hydrogen-bond donors (Lipinski definition) is 0. The molecule has 0 spiro atoms. The fourth-order valence-electron chi connectivity index (χ4n) is 6.78. The van der Waals surface area contributed by atoms with Crippen LogP contribution in [0.5, 0.6) is 0 Å². The third kappa shape index (κ3) is 4.85. The van der Waals surface area contributed by atoms with Gasteiger partial charge in [-0.15, -0.1) is 0 Å². The summed E-state index contributed by atoms with van der Waals surface area (Å²) in [6.07, 6.45) is 6.67. The first-order valence-corrected chi connectivity index (χ1v) is 16.0. The zero-order valence-electron chi connectivity index (χ0n) is 25.5. The Morgan fingerprint density at radius 2 is 1.02 bits per heavy atom. The van der Waals surface area contributed by atoms with Gasteiger partial charge in [0.05, 0.1) is 0 Å². The summed E-state index contributed by atoms with van der Waals surface area (Å²) < 4.78 is 0. The molecule has 7 aromatic carbocycles. The molecule has 0 saturated heterocycles.